The summed E-state index contributed by atoms with van der Waals surface area (Å²) in [7, 11) is 0. The van der Waals surface area contributed by atoms with Crippen LogP contribution in [0.15, 0.2) is 12.3 Å². The minimum Gasteiger partial charge on any atom is -0.242 e. The van der Waals surface area contributed by atoms with Crippen LogP contribution >= 0.6 is 11.8 Å². The summed E-state index contributed by atoms with van der Waals surface area (Å²) in [6.45, 7) is 4.10. The third-order valence-corrected chi connectivity index (χ3v) is 2.44. The molecular weight excluding hydrogens is 168 g/mol. The largest absolute Gasteiger partial charge is 0.242 e. The zero-order chi connectivity index (χ0) is 8.81. The molecule has 0 aliphatic carbocycles. The molecule has 0 saturated heterocycles. The van der Waals surface area contributed by atoms with Crippen LogP contribution in [-0.2, 0) is 6.42 Å². The van der Waals surface area contributed by atoms with Gasteiger partial charge in [-0.1, -0.05) is 6.92 Å². The van der Waals surface area contributed by atoms with Gasteiger partial charge in [-0.15, -0.1) is 0 Å². The number of hydrogen-bond donors (Lipinski definition) is 0. The Hall–Kier alpha value is -0.570. The Kier molecular flexibility index (Phi) is 4.08. The van der Waals surface area contributed by atoms with Crippen LogP contribution in [-0.4, -0.2) is 21.5 Å². The molecule has 12 heavy (non-hydrogen) atoms. The highest BCUT2D eigenvalue weighted by molar-refractivity contribution is 7.99. The molecule has 0 N–H and O–H groups in total. The van der Waals surface area contributed by atoms with Crippen molar-refractivity contribution in [1.82, 2.24) is 9.97 Å². The van der Waals surface area contributed by atoms with Gasteiger partial charge >= 0.3 is 0 Å². The van der Waals surface area contributed by atoms with Crippen LogP contribution in [0.1, 0.15) is 18.4 Å². The molecule has 2 nitrogen and oxygen atoms in total. The fourth-order valence-corrected chi connectivity index (χ4v) is 1.61. The average Bonchev–Trinajstić information content (AvgIpc) is 2.05. The zero-order valence-corrected chi connectivity index (χ0v) is 8.40. The smallest absolute Gasteiger partial charge is 0.125 e. The second kappa shape index (κ2) is 5.14. The van der Waals surface area contributed by atoms with Crippen molar-refractivity contribution >= 4 is 11.8 Å². The lowest BCUT2D eigenvalue weighted by atomic mass is 10.3. The predicted molar refractivity (Wildman–Crippen MR) is 53.5 cm³/mol. The molecule has 0 unspecified atom stereocenters. The minimum atomic E-state index is 0.869. The highest BCUT2D eigenvalue weighted by Crippen LogP contribution is 2.03. The van der Waals surface area contributed by atoms with Crippen molar-refractivity contribution in [2.75, 3.05) is 11.5 Å². The molecule has 0 aliphatic heterocycles. The topological polar surface area (TPSA) is 25.8 Å². The SMILES string of the molecule is CCSCCc1ccnc(C)n1. The van der Waals surface area contributed by atoms with Crippen LogP contribution in [0, 0.1) is 6.92 Å². The van der Waals surface area contributed by atoms with Crippen LogP contribution in [0.4, 0.5) is 0 Å². The molecule has 0 bridgehead atoms. The average molecular weight is 182 g/mol. The lowest BCUT2D eigenvalue weighted by molar-refractivity contribution is 0.954. The van der Waals surface area contributed by atoms with Crippen LogP contribution < -0.4 is 0 Å². The third kappa shape index (κ3) is 3.22. The van der Waals surface area contributed by atoms with Crippen molar-refractivity contribution in [3.63, 3.8) is 0 Å². The summed E-state index contributed by atoms with van der Waals surface area (Å²) in [5.74, 6) is 3.21. The van der Waals surface area contributed by atoms with Gasteiger partial charge in [-0.2, -0.15) is 11.8 Å². The van der Waals surface area contributed by atoms with Gasteiger partial charge in [0.1, 0.15) is 5.82 Å². The lowest BCUT2D eigenvalue weighted by Crippen LogP contribution is -1.96. The van der Waals surface area contributed by atoms with Gasteiger partial charge in [-0.05, 0) is 30.9 Å². The van der Waals surface area contributed by atoms with E-state index in [1.54, 1.807) is 0 Å². The number of aryl methyl sites for hydroxylation is 2. The minimum absolute atomic E-state index is 0.869. The van der Waals surface area contributed by atoms with Gasteiger partial charge in [-0.3, -0.25) is 0 Å². The summed E-state index contributed by atoms with van der Waals surface area (Å²) in [5, 5.41) is 0. The van der Waals surface area contributed by atoms with Crippen LogP contribution in [0.2, 0.25) is 0 Å². The number of rotatable bonds is 4. The molecule has 1 rings (SSSR count). The lowest BCUT2D eigenvalue weighted by Gasteiger charge is -1.99. The number of nitrogens with zero attached hydrogens (tertiary/aromatic N) is 2. The van der Waals surface area contributed by atoms with Gasteiger partial charge in [-0.25, -0.2) is 9.97 Å². The molecule has 0 spiro atoms. The van der Waals surface area contributed by atoms with E-state index in [1.165, 1.54) is 5.75 Å². The maximum atomic E-state index is 4.32. The highest BCUT2D eigenvalue weighted by Gasteiger charge is 1.94. The summed E-state index contributed by atoms with van der Waals surface area (Å²) in [4.78, 5) is 8.37. The van der Waals surface area contributed by atoms with E-state index < -0.39 is 0 Å². The molecule has 0 radical (unpaired) electrons. The highest BCUT2D eigenvalue weighted by atomic mass is 32.2. The number of thioether (sulfide) groups is 1. The van der Waals surface area contributed by atoms with Crippen molar-refractivity contribution in [2.24, 2.45) is 0 Å². The fraction of sp³-hybridized carbons (Fsp3) is 0.556. The van der Waals surface area contributed by atoms with Crippen molar-refractivity contribution in [3.05, 3.63) is 23.8 Å². The second-order valence-electron chi connectivity index (χ2n) is 2.54. The Morgan fingerprint density at radius 2 is 2.33 bits per heavy atom. The maximum absolute atomic E-state index is 4.32. The van der Waals surface area contributed by atoms with Gasteiger partial charge in [0.25, 0.3) is 0 Å². The van der Waals surface area contributed by atoms with E-state index in [-0.39, 0.29) is 0 Å². The summed E-state index contributed by atoms with van der Waals surface area (Å²) in [6.07, 6.45) is 2.89. The monoisotopic (exact) mass is 182 g/mol. The summed E-state index contributed by atoms with van der Waals surface area (Å²) >= 11 is 1.95. The molecule has 0 saturated carbocycles. The van der Waals surface area contributed by atoms with E-state index in [1.807, 2.05) is 30.9 Å². The van der Waals surface area contributed by atoms with E-state index in [9.17, 15) is 0 Å². The van der Waals surface area contributed by atoms with Crippen LogP contribution in [0.3, 0.4) is 0 Å². The quantitative estimate of drug-likeness (QED) is 0.667. The van der Waals surface area contributed by atoms with Gasteiger partial charge in [0, 0.05) is 11.9 Å². The van der Waals surface area contributed by atoms with Gasteiger partial charge in [0.05, 0.1) is 0 Å². The molecule has 1 aromatic heterocycles. The predicted octanol–water partition coefficient (Wildman–Crippen LogP) is 2.08. The second-order valence-corrected chi connectivity index (χ2v) is 3.94. The summed E-state index contributed by atoms with van der Waals surface area (Å²) < 4.78 is 0. The Labute approximate surface area is 77.8 Å². The molecular formula is C9H14N2S. The van der Waals surface area contributed by atoms with E-state index in [4.69, 9.17) is 0 Å². The number of hydrogen-bond acceptors (Lipinski definition) is 3. The third-order valence-electron chi connectivity index (χ3n) is 1.54. The zero-order valence-electron chi connectivity index (χ0n) is 7.58. The van der Waals surface area contributed by atoms with Gasteiger partial charge in [0.15, 0.2) is 0 Å². The molecule has 0 amide bonds. The van der Waals surface area contributed by atoms with Crippen molar-refractivity contribution in [1.29, 1.82) is 0 Å². The Balaban J connectivity index is 2.41. The first-order valence-electron chi connectivity index (χ1n) is 4.19. The molecule has 0 aromatic carbocycles. The van der Waals surface area contributed by atoms with Crippen LogP contribution in [0.25, 0.3) is 0 Å². The first kappa shape index (κ1) is 9.52. The molecule has 0 aliphatic rings. The van der Waals surface area contributed by atoms with Crippen molar-refractivity contribution in [2.45, 2.75) is 20.3 Å². The van der Waals surface area contributed by atoms with E-state index in [2.05, 4.69) is 16.9 Å². The molecule has 3 heteroatoms. The molecule has 1 aromatic rings. The van der Waals surface area contributed by atoms with E-state index in [0.717, 1.165) is 23.7 Å². The summed E-state index contributed by atoms with van der Waals surface area (Å²) in [6, 6.07) is 1.99. The Bertz CT molecular complexity index is 238. The molecule has 66 valence electrons. The van der Waals surface area contributed by atoms with Crippen molar-refractivity contribution in [3.8, 4) is 0 Å². The molecule has 0 fully saturated rings. The summed E-state index contributed by atoms with van der Waals surface area (Å²) in [5.41, 5.74) is 1.16. The van der Waals surface area contributed by atoms with Gasteiger partial charge < -0.3 is 0 Å². The first-order chi connectivity index (χ1) is 5.83. The first-order valence-corrected chi connectivity index (χ1v) is 5.34. The normalized spacial score (nSPS) is 10.2. The van der Waals surface area contributed by atoms with E-state index in [0.29, 0.717) is 0 Å². The Morgan fingerprint density at radius 3 is 3.00 bits per heavy atom. The molecule has 1 heterocycles. The fourth-order valence-electron chi connectivity index (χ4n) is 0.965. The molecule has 0 atom stereocenters. The van der Waals surface area contributed by atoms with Crippen molar-refractivity contribution < 1.29 is 0 Å². The Morgan fingerprint density at radius 1 is 1.50 bits per heavy atom. The van der Waals surface area contributed by atoms with Crippen LogP contribution in [0.5, 0.6) is 0 Å². The maximum Gasteiger partial charge on any atom is 0.125 e. The number of aromatic nitrogens is 2. The van der Waals surface area contributed by atoms with Gasteiger partial charge in [0.2, 0.25) is 0 Å². The van der Waals surface area contributed by atoms with E-state index >= 15 is 0 Å². The standard InChI is InChI=1S/C9H14N2S/c1-3-12-7-5-9-4-6-10-8(2)11-9/h4,6H,3,5,7H2,1-2H3.